The molecule has 116 valence electrons. The van der Waals surface area contributed by atoms with Gasteiger partial charge in [0.15, 0.2) is 11.9 Å². The molecule has 0 aromatic carbocycles. The SMILES string of the molecule is CC(O)CNC(NCCOC1CCCCO1)=C(C#N)C#N. The Kier molecular flexibility index (Phi) is 8.22. The van der Waals surface area contributed by atoms with Crippen LogP contribution in [0.25, 0.3) is 0 Å². The lowest BCUT2D eigenvalue weighted by Gasteiger charge is -2.23. The zero-order valence-electron chi connectivity index (χ0n) is 12.3. The first-order valence-corrected chi connectivity index (χ1v) is 7.11. The molecule has 2 unspecified atom stereocenters. The van der Waals surface area contributed by atoms with Crippen molar-refractivity contribution in [1.29, 1.82) is 10.5 Å². The highest BCUT2D eigenvalue weighted by Gasteiger charge is 2.13. The fourth-order valence-electron chi connectivity index (χ4n) is 1.83. The lowest BCUT2D eigenvalue weighted by molar-refractivity contribution is -0.161. The molecule has 3 N–H and O–H groups in total. The Morgan fingerprint density at radius 1 is 1.38 bits per heavy atom. The molecule has 7 heteroatoms. The molecule has 1 rings (SSSR count). The van der Waals surface area contributed by atoms with Crippen molar-refractivity contribution < 1.29 is 14.6 Å². The number of nitrogens with one attached hydrogen (secondary N) is 2. The average Bonchev–Trinajstić information content (AvgIpc) is 2.50. The second-order valence-corrected chi connectivity index (χ2v) is 4.80. The van der Waals surface area contributed by atoms with Crippen LogP contribution in [0.4, 0.5) is 0 Å². The van der Waals surface area contributed by atoms with E-state index < -0.39 is 6.10 Å². The standard InChI is InChI=1S/C14H22N4O3/c1-11(19)10-18-14(12(8-15)9-16)17-5-7-21-13-4-2-3-6-20-13/h11,13,17-19H,2-7,10H2,1H3. The zero-order chi connectivity index (χ0) is 15.5. The summed E-state index contributed by atoms with van der Waals surface area (Å²) < 4.78 is 11.0. The number of aliphatic hydroxyl groups is 1. The molecule has 0 spiro atoms. The third-order valence-corrected chi connectivity index (χ3v) is 2.89. The van der Waals surface area contributed by atoms with E-state index in [0.29, 0.717) is 19.0 Å². The van der Waals surface area contributed by atoms with Gasteiger partial charge in [-0.25, -0.2) is 0 Å². The van der Waals surface area contributed by atoms with Crippen LogP contribution >= 0.6 is 0 Å². The molecule has 1 saturated heterocycles. The molecule has 0 aromatic rings. The van der Waals surface area contributed by atoms with Crippen molar-refractivity contribution in [3.05, 3.63) is 11.4 Å². The van der Waals surface area contributed by atoms with Crippen LogP contribution in [0.2, 0.25) is 0 Å². The molecule has 1 fully saturated rings. The fraction of sp³-hybridized carbons (Fsp3) is 0.714. The van der Waals surface area contributed by atoms with Crippen LogP contribution in [0.1, 0.15) is 26.2 Å². The van der Waals surface area contributed by atoms with Crippen LogP contribution in [0, 0.1) is 22.7 Å². The highest BCUT2D eigenvalue weighted by atomic mass is 16.7. The van der Waals surface area contributed by atoms with E-state index in [1.54, 1.807) is 6.92 Å². The Balaban J connectivity index is 2.37. The van der Waals surface area contributed by atoms with Crippen molar-refractivity contribution in [2.24, 2.45) is 0 Å². The quantitative estimate of drug-likeness (QED) is 0.437. The zero-order valence-corrected chi connectivity index (χ0v) is 12.3. The maximum Gasteiger partial charge on any atom is 0.169 e. The number of nitriles is 2. The van der Waals surface area contributed by atoms with E-state index in [4.69, 9.17) is 20.0 Å². The third kappa shape index (κ3) is 6.96. The summed E-state index contributed by atoms with van der Waals surface area (Å²) in [6, 6.07) is 3.62. The largest absolute Gasteiger partial charge is 0.392 e. The van der Waals surface area contributed by atoms with Gasteiger partial charge in [-0.3, -0.25) is 0 Å². The van der Waals surface area contributed by atoms with Gasteiger partial charge in [0, 0.05) is 19.7 Å². The maximum absolute atomic E-state index is 9.25. The van der Waals surface area contributed by atoms with Gasteiger partial charge in [-0.15, -0.1) is 0 Å². The molecule has 0 saturated carbocycles. The Labute approximate surface area is 125 Å². The molecule has 0 aliphatic carbocycles. The topological polar surface area (TPSA) is 110 Å². The summed E-state index contributed by atoms with van der Waals surface area (Å²) >= 11 is 0. The van der Waals surface area contributed by atoms with E-state index in [1.165, 1.54) is 0 Å². The van der Waals surface area contributed by atoms with Gasteiger partial charge in [0.2, 0.25) is 0 Å². The van der Waals surface area contributed by atoms with Crippen LogP contribution < -0.4 is 10.6 Å². The van der Waals surface area contributed by atoms with Crippen molar-refractivity contribution >= 4 is 0 Å². The summed E-state index contributed by atoms with van der Waals surface area (Å²) in [7, 11) is 0. The predicted molar refractivity (Wildman–Crippen MR) is 75.5 cm³/mol. The summed E-state index contributed by atoms with van der Waals surface area (Å²) in [6.07, 6.45) is 2.33. The number of rotatable bonds is 8. The van der Waals surface area contributed by atoms with Gasteiger partial charge in [0.1, 0.15) is 18.0 Å². The molecule has 1 aliphatic rings. The average molecular weight is 294 g/mol. The Hall–Kier alpha value is -1.80. The molecule has 0 bridgehead atoms. The first-order valence-electron chi connectivity index (χ1n) is 7.11. The smallest absolute Gasteiger partial charge is 0.169 e. The summed E-state index contributed by atoms with van der Waals surface area (Å²) in [5.41, 5.74) is -0.0513. The van der Waals surface area contributed by atoms with Crippen molar-refractivity contribution in [3.8, 4) is 12.1 Å². The highest BCUT2D eigenvalue weighted by Crippen LogP contribution is 2.13. The van der Waals surface area contributed by atoms with Crippen molar-refractivity contribution in [2.45, 2.75) is 38.6 Å². The predicted octanol–water partition coefficient (Wildman–Crippen LogP) is 0.348. The van der Waals surface area contributed by atoms with Crippen LogP contribution in [0.5, 0.6) is 0 Å². The molecular weight excluding hydrogens is 272 g/mol. The normalized spacial score (nSPS) is 19.0. The molecule has 2 atom stereocenters. The Bertz CT molecular complexity index is 401. The monoisotopic (exact) mass is 294 g/mol. The molecule has 7 nitrogen and oxygen atoms in total. The van der Waals surface area contributed by atoms with E-state index in [9.17, 15) is 5.11 Å². The van der Waals surface area contributed by atoms with Crippen LogP contribution in [-0.4, -0.2) is 43.8 Å². The van der Waals surface area contributed by atoms with Gasteiger partial charge in [-0.2, -0.15) is 10.5 Å². The fourth-order valence-corrected chi connectivity index (χ4v) is 1.83. The number of hydrogen-bond donors (Lipinski definition) is 3. The molecule has 21 heavy (non-hydrogen) atoms. The Morgan fingerprint density at radius 3 is 2.71 bits per heavy atom. The number of nitrogens with zero attached hydrogens (tertiary/aromatic N) is 2. The van der Waals surface area contributed by atoms with E-state index >= 15 is 0 Å². The first-order chi connectivity index (χ1) is 10.2. The van der Waals surface area contributed by atoms with Crippen molar-refractivity contribution in [2.75, 3.05) is 26.3 Å². The number of allylic oxidation sites excluding steroid dienone is 1. The van der Waals surface area contributed by atoms with E-state index in [-0.39, 0.29) is 18.4 Å². The lowest BCUT2D eigenvalue weighted by atomic mass is 10.2. The van der Waals surface area contributed by atoms with Crippen LogP contribution in [0.15, 0.2) is 11.4 Å². The van der Waals surface area contributed by atoms with E-state index in [2.05, 4.69) is 10.6 Å². The minimum absolute atomic E-state index is 0.0513. The number of hydrogen-bond acceptors (Lipinski definition) is 7. The third-order valence-electron chi connectivity index (χ3n) is 2.89. The van der Waals surface area contributed by atoms with Gasteiger partial charge in [0.05, 0.1) is 12.7 Å². The van der Waals surface area contributed by atoms with Gasteiger partial charge in [-0.05, 0) is 26.2 Å². The molecule has 1 aliphatic heterocycles. The van der Waals surface area contributed by atoms with Crippen molar-refractivity contribution in [1.82, 2.24) is 10.6 Å². The molecular formula is C14H22N4O3. The molecule has 0 radical (unpaired) electrons. The number of ether oxygens (including phenoxy) is 2. The van der Waals surface area contributed by atoms with Gasteiger partial charge in [0.25, 0.3) is 0 Å². The first kappa shape index (κ1) is 17.3. The Morgan fingerprint density at radius 2 is 2.14 bits per heavy atom. The summed E-state index contributed by atoms with van der Waals surface area (Å²) in [4.78, 5) is 0. The van der Waals surface area contributed by atoms with E-state index in [1.807, 2.05) is 12.1 Å². The van der Waals surface area contributed by atoms with Crippen molar-refractivity contribution in [3.63, 3.8) is 0 Å². The molecule has 0 amide bonds. The molecule has 1 heterocycles. The van der Waals surface area contributed by atoms with Gasteiger partial charge < -0.3 is 25.2 Å². The highest BCUT2D eigenvalue weighted by molar-refractivity contribution is 5.38. The maximum atomic E-state index is 9.25. The number of aliphatic hydroxyl groups excluding tert-OH is 1. The van der Waals surface area contributed by atoms with E-state index in [0.717, 1.165) is 25.9 Å². The summed E-state index contributed by atoms with van der Waals surface area (Å²) in [6.45, 7) is 3.45. The summed E-state index contributed by atoms with van der Waals surface area (Å²) in [5, 5.41) is 32.8. The second kappa shape index (κ2) is 10.0. The van der Waals surface area contributed by atoms with Crippen LogP contribution in [-0.2, 0) is 9.47 Å². The van der Waals surface area contributed by atoms with Crippen LogP contribution in [0.3, 0.4) is 0 Å². The minimum atomic E-state index is -0.577. The van der Waals surface area contributed by atoms with Gasteiger partial charge in [-0.1, -0.05) is 0 Å². The van der Waals surface area contributed by atoms with Gasteiger partial charge >= 0.3 is 0 Å². The summed E-state index contributed by atoms with van der Waals surface area (Å²) in [5.74, 6) is 0.314. The molecule has 0 aromatic heterocycles. The lowest BCUT2D eigenvalue weighted by Crippen LogP contribution is -2.35. The minimum Gasteiger partial charge on any atom is -0.392 e. The second-order valence-electron chi connectivity index (χ2n) is 4.80.